The van der Waals surface area contributed by atoms with Crippen molar-refractivity contribution in [3.8, 4) is 5.75 Å². The average molecular weight is 221 g/mol. The van der Waals surface area contributed by atoms with Crippen LogP contribution in [0.1, 0.15) is 26.3 Å². The van der Waals surface area contributed by atoms with Gasteiger partial charge in [-0.2, -0.15) is 0 Å². The summed E-state index contributed by atoms with van der Waals surface area (Å²) in [5.41, 5.74) is 0.371. The Hall–Kier alpha value is -1.51. The molecule has 3 heteroatoms. The van der Waals surface area contributed by atoms with E-state index in [0.29, 0.717) is 5.75 Å². The van der Waals surface area contributed by atoms with Gasteiger partial charge in [0.1, 0.15) is 11.4 Å². The van der Waals surface area contributed by atoms with Crippen LogP contribution >= 0.6 is 0 Å². The van der Waals surface area contributed by atoms with Crippen LogP contribution in [0.25, 0.3) is 0 Å². The van der Waals surface area contributed by atoms with Crippen LogP contribution in [-0.4, -0.2) is 18.2 Å². The summed E-state index contributed by atoms with van der Waals surface area (Å²) in [6.45, 7) is 9.15. The molecule has 1 aromatic rings. The fourth-order valence-electron chi connectivity index (χ4n) is 1.15. The summed E-state index contributed by atoms with van der Waals surface area (Å²) in [4.78, 5) is 11.4. The SMILES string of the molecule is [CH2]c1cccc(OCC(=O)OC(C)(C)C)c1. The molecule has 0 atom stereocenters. The quantitative estimate of drug-likeness (QED) is 0.736. The van der Waals surface area contributed by atoms with Gasteiger partial charge in [-0.15, -0.1) is 0 Å². The van der Waals surface area contributed by atoms with Crippen molar-refractivity contribution in [3.63, 3.8) is 0 Å². The van der Waals surface area contributed by atoms with E-state index in [-0.39, 0.29) is 12.6 Å². The van der Waals surface area contributed by atoms with Gasteiger partial charge in [0, 0.05) is 0 Å². The average Bonchev–Trinajstić information content (AvgIpc) is 2.12. The van der Waals surface area contributed by atoms with Crippen molar-refractivity contribution in [1.82, 2.24) is 0 Å². The van der Waals surface area contributed by atoms with Crippen LogP contribution in [0.3, 0.4) is 0 Å². The summed E-state index contributed by atoms with van der Waals surface area (Å²) in [6.07, 6.45) is 0. The van der Waals surface area contributed by atoms with Crippen LogP contribution in [-0.2, 0) is 9.53 Å². The highest BCUT2D eigenvalue weighted by Crippen LogP contribution is 2.13. The maximum atomic E-state index is 11.4. The van der Waals surface area contributed by atoms with Crippen molar-refractivity contribution in [2.45, 2.75) is 26.4 Å². The van der Waals surface area contributed by atoms with Crippen LogP contribution in [0.2, 0.25) is 0 Å². The molecule has 16 heavy (non-hydrogen) atoms. The maximum absolute atomic E-state index is 11.4. The molecule has 0 fully saturated rings. The van der Waals surface area contributed by atoms with E-state index in [1.807, 2.05) is 32.9 Å². The van der Waals surface area contributed by atoms with Gasteiger partial charge in [-0.3, -0.25) is 0 Å². The predicted molar refractivity (Wildman–Crippen MR) is 62.2 cm³/mol. The molecule has 3 nitrogen and oxygen atoms in total. The monoisotopic (exact) mass is 221 g/mol. The summed E-state index contributed by atoms with van der Waals surface area (Å²) >= 11 is 0. The Kier molecular flexibility index (Phi) is 3.93. The molecule has 0 unspecified atom stereocenters. The summed E-state index contributed by atoms with van der Waals surface area (Å²) in [7, 11) is 0. The fourth-order valence-corrected chi connectivity index (χ4v) is 1.15. The van der Waals surface area contributed by atoms with Crippen LogP contribution in [0.15, 0.2) is 24.3 Å². The molecule has 0 aliphatic rings. The van der Waals surface area contributed by atoms with Gasteiger partial charge < -0.3 is 9.47 Å². The topological polar surface area (TPSA) is 35.5 Å². The zero-order chi connectivity index (χ0) is 12.2. The van der Waals surface area contributed by atoms with E-state index in [2.05, 4.69) is 6.92 Å². The number of rotatable bonds is 3. The second kappa shape index (κ2) is 5.01. The molecule has 0 spiro atoms. The Morgan fingerprint density at radius 3 is 2.62 bits per heavy atom. The van der Waals surface area contributed by atoms with Crippen LogP contribution in [0.5, 0.6) is 5.75 Å². The van der Waals surface area contributed by atoms with E-state index in [0.717, 1.165) is 5.56 Å². The highest BCUT2D eigenvalue weighted by atomic mass is 16.6. The predicted octanol–water partition coefficient (Wildman–Crippen LogP) is 2.59. The molecular weight excluding hydrogens is 204 g/mol. The second-order valence-corrected chi connectivity index (χ2v) is 4.52. The van der Waals surface area contributed by atoms with E-state index in [4.69, 9.17) is 9.47 Å². The molecule has 0 amide bonds. The standard InChI is InChI=1S/C13H17O3/c1-10-6-5-7-11(8-10)15-9-12(14)16-13(2,3)4/h5-8H,1,9H2,2-4H3. The minimum atomic E-state index is -0.478. The number of carbonyl (C=O) groups is 1. The summed E-state index contributed by atoms with van der Waals surface area (Å²) < 4.78 is 10.4. The summed E-state index contributed by atoms with van der Waals surface area (Å²) in [5.74, 6) is 0.250. The molecule has 0 heterocycles. The Balaban J connectivity index is 2.43. The Morgan fingerprint density at radius 1 is 1.38 bits per heavy atom. The maximum Gasteiger partial charge on any atom is 0.344 e. The fraction of sp³-hybridized carbons (Fsp3) is 0.385. The van der Waals surface area contributed by atoms with Gasteiger partial charge in [0.25, 0.3) is 0 Å². The smallest absolute Gasteiger partial charge is 0.344 e. The van der Waals surface area contributed by atoms with Crippen molar-refractivity contribution >= 4 is 5.97 Å². The molecule has 1 rings (SSSR count). The molecule has 0 aliphatic heterocycles. The molecule has 0 aromatic heterocycles. The lowest BCUT2D eigenvalue weighted by Gasteiger charge is -2.19. The number of esters is 1. The third-order valence-electron chi connectivity index (χ3n) is 1.68. The molecule has 0 saturated heterocycles. The molecule has 1 radical (unpaired) electrons. The zero-order valence-corrected chi connectivity index (χ0v) is 9.95. The first-order valence-corrected chi connectivity index (χ1v) is 5.13. The number of hydrogen-bond acceptors (Lipinski definition) is 3. The first kappa shape index (κ1) is 12.6. The van der Waals surface area contributed by atoms with Gasteiger partial charge in [0.05, 0.1) is 0 Å². The highest BCUT2D eigenvalue weighted by molar-refractivity contribution is 5.71. The van der Waals surface area contributed by atoms with E-state index in [1.165, 1.54) is 0 Å². The summed E-state index contributed by atoms with van der Waals surface area (Å²) in [5, 5.41) is 0. The van der Waals surface area contributed by atoms with Crippen molar-refractivity contribution < 1.29 is 14.3 Å². The molecular formula is C13H17O3. The van der Waals surface area contributed by atoms with Crippen LogP contribution in [0, 0.1) is 6.92 Å². The van der Waals surface area contributed by atoms with Gasteiger partial charge in [0.15, 0.2) is 6.61 Å². The minimum Gasteiger partial charge on any atom is -0.482 e. The number of ether oxygens (including phenoxy) is 2. The van der Waals surface area contributed by atoms with Gasteiger partial charge in [0.2, 0.25) is 0 Å². The van der Waals surface area contributed by atoms with Gasteiger partial charge >= 0.3 is 5.97 Å². The third kappa shape index (κ3) is 4.82. The van der Waals surface area contributed by atoms with Gasteiger partial charge in [-0.1, -0.05) is 12.1 Å². The summed E-state index contributed by atoms with van der Waals surface area (Å²) in [6, 6.07) is 7.23. The van der Waals surface area contributed by atoms with E-state index in [9.17, 15) is 4.79 Å². The van der Waals surface area contributed by atoms with E-state index in [1.54, 1.807) is 12.1 Å². The largest absolute Gasteiger partial charge is 0.482 e. The minimum absolute atomic E-state index is 0.0826. The molecule has 87 valence electrons. The second-order valence-electron chi connectivity index (χ2n) is 4.52. The lowest BCUT2D eigenvalue weighted by molar-refractivity contribution is -0.157. The lowest BCUT2D eigenvalue weighted by Crippen LogP contribution is -2.27. The van der Waals surface area contributed by atoms with Crippen molar-refractivity contribution in [2.24, 2.45) is 0 Å². The molecule has 0 saturated carbocycles. The third-order valence-corrected chi connectivity index (χ3v) is 1.68. The lowest BCUT2D eigenvalue weighted by atomic mass is 10.2. The van der Waals surface area contributed by atoms with Gasteiger partial charge in [-0.25, -0.2) is 4.79 Å². The van der Waals surface area contributed by atoms with E-state index >= 15 is 0 Å². The Morgan fingerprint density at radius 2 is 2.06 bits per heavy atom. The number of benzene rings is 1. The first-order valence-electron chi connectivity index (χ1n) is 5.13. The van der Waals surface area contributed by atoms with E-state index < -0.39 is 5.60 Å². The normalized spacial score (nSPS) is 11.0. The zero-order valence-electron chi connectivity index (χ0n) is 9.95. The Bertz CT molecular complexity index is 364. The van der Waals surface area contributed by atoms with Crippen molar-refractivity contribution in [3.05, 3.63) is 36.8 Å². The first-order chi connectivity index (χ1) is 7.37. The van der Waals surface area contributed by atoms with Crippen LogP contribution in [0.4, 0.5) is 0 Å². The van der Waals surface area contributed by atoms with Crippen molar-refractivity contribution in [1.29, 1.82) is 0 Å². The van der Waals surface area contributed by atoms with Gasteiger partial charge in [-0.05, 0) is 45.4 Å². The number of hydrogen-bond donors (Lipinski definition) is 0. The number of carbonyl (C=O) groups excluding carboxylic acids is 1. The highest BCUT2D eigenvalue weighted by Gasteiger charge is 2.16. The van der Waals surface area contributed by atoms with Crippen molar-refractivity contribution in [2.75, 3.05) is 6.61 Å². The molecule has 0 aliphatic carbocycles. The molecule has 0 N–H and O–H groups in total. The molecule has 1 aromatic carbocycles. The van der Waals surface area contributed by atoms with Crippen LogP contribution < -0.4 is 4.74 Å². The Labute approximate surface area is 96.4 Å². The molecule has 0 bridgehead atoms.